The van der Waals surface area contributed by atoms with E-state index in [0.717, 1.165) is 33.2 Å². The predicted octanol–water partition coefficient (Wildman–Crippen LogP) is 4.69. The highest BCUT2D eigenvalue weighted by Gasteiger charge is 2.14. The molecule has 0 atom stereocenters. The molecule has 6 nitrogen and oxygen atoms in total. The molecule has 5 aromatic rings. The lowest BCUT2D eigenvalue weighted by Gasteiger charge is -2.06. The minimum Gasteiger partial charge on any atom is -0.348 e. The van der Waals surface area contributed by atoms with Crippen molar-refractivity contribution >= 4 is 39.4 Å². The van der Waals surface area contributed by atoms with E-state index >= 15 is 0 Å². The molecule has 0 bridgehead atoms. The summed E-state index contributed by atoms with van der Waals surface area (Å²) in [6.07, 6.45) is 0. The number of carbonyl (C=O) groups excluding carboxylic acids is 1. The number of amides is 1. The number of H-pyrrole nitrogens is 2. The second-order valence-corrected chi connectivity index (χ2v) is 7.18. The third-order valence-electron chi connectivity index (χ3n) is 4.78. The average molecular weight is 402 g/mol. The molecule has 2 heterocycles. The van der Waals surface area contributed by atoms with Gasteiger partial charge in [0.2, 0.25) is 0 Å². The second-order valence-electron chi connectivity index (χ2n) is 6.75. The number of fused-ring (bicyclic) bond motifs is 2. The van der Waals surface area contributed by atoms with Gasteiger partial charge in [0.05, 0.1) is 16.6 Å². The maximum Gasteiger partial charge on any atom is 0.251 e. The molecular weight excluding hydrogens is 386 g/mol. The van der Waals surface area contributed by atoms with Gasteiger partial charge in [-0.15, -0.1) is 0 Å². The number of halogens is 1. The number of para-hydroxylation sites is 1. The molecule has 7 heteroatoms. The monoisotopic (exact) mass is 401 g/mol. The first-order valence-corrected chi connectivity index (χ1v) is 9.51. The van der Waals surface area contributed by atoms with Gasteiger partial charge in [-0.05, 0) is 42.0 Å². The van der Waals surface area contributed by atoms with E-state index in [0.29, 0.717) is 23.0 Å². The molecule has 0 aliphatic rings. The van der Waals surface area contributed by atoms with Crippen LogP contribution in [-0.2, 0) is 6.54 Å². The van der Waals surface area contributed by atoms with Crippen molar-refractivity contribution in [1.82, 2.24) is 25.5 Å². The maximum atomic E-state index is 12.6. The van der Waals surface area contributed by atoms with Crippen molar-refractivity contribution < 1.29 is 4.79 Å². The topological polar surface area (TPSA) is 86.5 Å². The Morgan fingerprint density at radius 1 is 1.00 bits per heavy atom. The van der Waals surface area contributed by atoms with Gasteiger partial charge in [0.15, 0.2) is 5.82 Å². The number of nitrogens with zero attached hydrogens (tertiary/aromatic N) is 2. The van der Waals surface area contributed by atoms with E-state index in [1.165, 1.54) is 0 Å². The van der Waals surface area contributed by atoms with Crippen molar-refractivity contribution in [1.29, 1.82) is 0 Å². The predicted molar refractivity (Wildman–Crippen MR) is 114 cm³/mol. The van der Waals surface area contributed by atoms with Gasteiger partial charge in [-0.25, -0.2) is 4.98 Å². The molecule has 5 rings (SSSR count). The van der Waals surface area contributed by atoms with Crippen LogP contribution in [-0.4, -0.2) is 26.1 Å². The molecule has 0 aliphatic heterocycles. The van der Waals surface area contributed by atoms with Crippen molar-refractivity contribution in [2.75, 3.05) is 0 Å². The third kappa shape index (κ3) is 3.34. The molecule has 1 amide bonds. The zero-order valence-electron chi connectivity index (χ0n) is 15.2. The largest absolute Gasteiger partial charge is 0.348 e. The van der Waals surface area contributed by atoms with Crippen molar-refractivity contribution in [3.8, 4) is 11.5 Å². The van der Waals surface area contributed by atoms with Gasteiger partial charge in [0.1, 0.15) is 5.69 Å². The van der Waals surface area contributed by atoms with Crippen LogP contribution < -0.4 is 5.32 Å². The lowest BCUT2D eigenvalue weighted by atomic mass is 10.1. The van der Waals surface area contributed by atoms with E-state index in [1.54, 1.807) is 18.2 Å². The van der Waals surface area contributed by atoms with Crippen LogP contribution in [0.2, 0.25) is 5.02 Å². The lowest BCUT2D eigenvalue weighted by Crippen LogP contribution is -2.22. The zero-order valence-corrected chi connectivity index (χ0v) is 16.0. The van der Waals surface area contributed by atoms with Crippen molar-refractivity contribution in [2.45, 2.75) is 6.54 Å². The molecule has 3 aromatic carbocycles. The fourth-order valence-corrected chi connectivity index (χ4v) is 3.55. The normalized spacial score (nSPS) is 11.2. The summed E-state index contributed by atoms with van der Waals surface area (Å²) in [7, 11) is 0. The Kier molecular flexibility index (Phi) is 4.26. The Labute approximate surface area is 170 Å². The van der Waals surface area contributed by atoms with Crippen molar-refractivity contribution in [3.63, 3.8) is 0 Å². The van der Waals surface area contributed by atoms with Crippen LogP contribution in [0.4, 0.5) is 0 Å². The molecule has 29 heavy (non-hydrogen) atoms. The molecule has 0 radical (unpaired) electrons. The minimum absolute atomic E-state index is 0.159. The number of hydrogen-bond donors (Lipinski definition) is 3. The van der Waals surface area contributed by atoms with Crippen LogP contribution in [0.25, 0.3) is 33.5 Å². The van der Waals surface area contributed by atoms with Crippen LogP contribution >= 0.6 is 11.6 Å². The van der Waals surface area contributed by atoms with Crippen molar-refractivity contribution in [3.05, 3.63) is 82.9 Å². The molecule has 0 saturated carbocycles. The van der Waals surface area contributed by atoms with Crippen LogP contribution in [0.1, 0.15) is 15.9 Å². The van der Waals surface area contributed by atoms with E-state index < -0.39 is 0 Å². The van der Waals surface area contributed by atoms with Gasteiger partial charge >= 0.3 is 0 Å². The zero-order chi connectivity index (χ0) is 19.8. The molecule has 0 spiro atoms. The van der Waals surface area contributed by atoms with E-state index in [2.05, 4.69) is 25.5 Å². The summed E-state index contributed by atoms with van der Waals surface area (Å²) in [6.45, 7) is 0.408. The Hall–Kier alpha value is -3.64. The Morgan fingerprint density at radius 3 is 2.79 bits per heavy atom. The molecule has 0 fully saturated rings. The number of aromatic nitrogens is 4. The molecule has 3 N–H and O–H groups in total. The fraction of sp³-hybridized carbons (Fsp3) is 0.0455. The molecule has 0 saturated heterocycles. The number of rotatable bonds is 4. The Morgan fingerprint density at radius 2 is 1.90 bits per heavy atom. The first-order valence-electron chi connectivity index (χ1n) is 9.13. The number of carbonyl (C=O) groups is 1. The summed E-state index contributed by atoms with van der Waals surface area (Å²) in [5.41, 5.74) is 4.76. The van der Waals surface area contributed by atoms with Gasteiger partial charge in [0.25, 0.3) is 5.91 Å². The molecule has 142 valence electrons. The molecule has 0 unspecified atom stereocenters. The molecule has 2 aromatic heterocycles. The minimum atomic E-state index is -0.159. The molecular formula is C22H16ClN5O. The van der Waals surface area contributed by atoms with Crippen LogP contribution in [0.5, 0.6) is 0 Å². The van der Waals surface area contributed by atoms with E-state index in [-0.39, 0.29) is 5.91 Å². The number of benzene rings is 3. The molecule has 0 aliphatic carbocycles. The average Bonchev–Trinajstić information content (AvgIpc) is 3.35. The highest BCUT2D eigenvalue weighted by Crippen LogP contribution is 2.26. The maximum absolute atomic E-state index is 12.6. The summed E-state index contributed by atoms with van der Waals surface area (Å²) < 4.78 is 0. The fourth-order valence-electron chi connectivity index (χ4n) is 3.34. The van der Waals surface area contributed by atoms with Gasteiger partial charge in [-0.2, -0.15) is 5.10 Å². The summed E-state index contributed by atoms with van der Waals surface area (Å²) >= 11 is 5.99. The SMILES string of the molecule is O=C(NCc1cccc(Cl)c1)c1ccc2nc(-c3n[nH]c4ccccc34)[nH]c2c1. The Bertz CT molecular complexity index is 1350. The van der Waals surface area contributed by atoms with Gasteiger partial charge in [-0.1, -0.05) is 41.9 Å². The first-order chi connectivity index (χ1) is 14.2. The van der Waals surface area contributed by atoms with Gasteiger partial charge < -0.3 is 10.3 Å². The van der Waals surface area contributed by atoms with Crippen LogP contribution in [0.3, 0.4) is 0 Å². The highest BCUT2D eigenvalue weighted by molar-refractivity contribution is 6.30. The van der Waals surface area contributed by atoms with Crippen LogP contribution in [0, 0.1) is 0 Å². The first kappa shape index (κ1) is 17.5. The smallest absolute Gasteiger partial charge is 0.251 e. The van der Waals surface area contributed by atoms with Gasteiger partial charge in [0, 0.05) is 22.5 Å². The summed E-state index contributed by atoms with van der Waals surface area (Å²) in [6, 6.07) is 20.7. The van der Waals surface area contributed by atoms with Crippen molar-refractivity contribution in [2.24, 2.45) is 0 Å². The number of imidazole rings is 1. The number of aromatic amines is 2. The lowest BCUT2D eigenvalue weighted by molar-refractivity contribution is 0.0951. The summed E-state index contributed by atoms with van der Waals surface area (Å²) in [5, 5.41) is 11.9. The number of hydrogen-bond acceptors (Lipinski definition) is 3. The van der Waals surface area contributed by atoms with E-state index in [9.17, 15) is 4.79 Å². The summed E-state index contributed by atoms with van der Waals surface area (Å²) in [4.78, 5) is 20.5. The quantitative estimate of drug-likeness (QED) is 0.408. The summed E-state index contributed by atoms with van der Waals surface area (Å²) in [5.74, 6) is 0.502. The third-order valence-corrected chi connectivity index (χ3v) is 5.02. The van der Waals surface area contributed by atoms with E-state index in [1.807, 2.05) is 48.5 Å². The van der Waals surface area contributed by atoms with Crippen LogP contribution in [0.15, 0.2) is 66.7 Å². The second kappa shape index (κ2) is 7.07. The van der Waals surface area contributed by atoms with Gasteiger partial charge in [-0.3, -0.25) is 9.89 Å². The standard InChI is InChI=1S/C22H16ClN5O/c23-15-5-3-4-13(10-15)12-24-22(29)14-8-9-18-19(11-14)26-21(25-18)20-16-6-1-2-7-17(16)27-28-20/h1-11H,12H2,(H,24,29)(H,25,26)(H,27,28). The Balaban J connectivity index is 1.41. The highest BCUT2D eigenvalue weighted by atomic mass is 35.5. The number of nitrogens with one attached hydrogen (secondary N) is 3. The van der Waals surface area contributed by atoms with E-state index in [4.69, 9.17) is 11.6 Å².